The van der Waals surface area contributed by atoms with Crippen molar-refractivity contribution in [2.75, 3.05) is 27.9 Å². The van der Waals surface area contributed by atoms with Gasteiger partial charge in [0.15, 0.2) is 11.5 Å². The molecule has 1 aromatic rings. The third kappa shape index (κ3) is 4.40. The van der Waals surface area contributed by atoms with E-state index in [1.54, 1.807) is 25.3 Å². The van der Waals surface area contributed by atoms with Crippen LogP contribution in [0.2, 0.25) is 0 Å². The van der Waals surface area contributed by atoms with Gasteiger partial charge in [-0.2, -0.15) is 0 Å². The Morgan fingerprint density at radius 1 is 1.21 bits per heavy atom. The third-order valence-corrected chi connectivity index (χ3v) is 3.25. The zero-order valence-electron chi connectivity index (χ0n) is 11.1. The Balaban J connectivity index is 2.83. The van der Waals surface area contributed by atoms with Gasteiger partial charge in [-0.25, -0.2) is 0 Å². The number of para-hydroxylation sites is 1. The molecule has 1 unspecified atom stereocenters. The number of carbonyl (C=O) groups excluding carboxylic acids is 1. The fourth-order valence-corrected chi connectivity index (χ4v) is 1.70. The summed E-state index contributed by atoms with van der Waals surface area (Å²) in [5, 5.41) is 0. The Bertz CT molecular complexity index is 399. The molecule has 106 valence electrons. The topological polar surface area (TPSA) is 54.0 Å². The van der Waals surface area contributed by atoms with E-state index in [2.05, 4.69) is 15.9 Å². The minimum atomic E-state index is -0.443. The molecule has 0 radical (unpaired) electrons. The quantitative estimate of drug-likeness (QED) is 0.436. The first-order chi connectivity index (χ1) is 9.13. The Hall–Kier alpha value is -1.27. The maximum atomic E-state index is 11.9. The van der Waals surface area contributed by atoms with E-state index < -0.39 is 10.8 Å². The molecule has 0 heterocycles. The summed E-state index contributed by atoms with van der Waals surface area (Å²) in [7, 11) is 4.58. The molecular weight excluding hydrogens is 316 g/mol. The Morgan fingerprint density at radius 3 is 2.26 bits per heavy atom. The molecule has 0 aliphatic carbocycles. The van der Waals surface area contributed by atoms with E-state index in [4.69, 9.17) is 18.9 Å². The van der Waals surface area contributed by atoms with Crippen LogP contribution in [0.15, 0.2) is 18.2 Å². The molecule has 1 atom stereocenters. The molecule has 0 spiro atoms. The molecule has 0 fully saturated rings. The summed E-state index contributed by atoms with van der Waals surface area (Å²) in [6, 6.07) is 5.15. The van der Waals surface area contributed by atoms with Crippen molar-refractivity contribution in [2.45, 2.75) is 11.2 Å². The summed E-state index contributed by atoms with van der Waals surface area (Å²) in [5.41, 5.74) is 0. The molecule has 0 aliphatic heterocycles. The average molecular weight is 333 g/mol. The molecule has 0 aliphatic rings. The van der Waals surface area contributed by atoms with Crippen LogP contribution < -0.4 is 14.2 Å². The molecule has 0 aromatic heterocycles. The fourth-order valence-electron chi connectivity index (χ4n) is 1.42. The van der Waals surface area contributed by atoms with Gasteiger partial charge in [-0.05, 0) is 18.6 Å². The second kappa shape index (κ2) is 8.01. The highest BCUT2D eigenvalue weighted by Crippen LogP contribution is 2.37. The molecule has 1 aromatic carbocycles. The fraction of sp³-hybridized carbons (Fsp3) is 0.462. The van der Waals surface area contributed by atoms with Gasteiger partial charge in [0.2, 0.25) is 5.75 Å². The maximum Gasteiger partial charge on any atom is 0.325 e. The highest BCUT2D eigenvalue weighted by atomic mass is 79.9. The molecule has 19 heavy (non-hydrogen) atoms. The number of hydrogen-bond donors (Lipinski definition) is 0. The summed E-state index contributed by atoms with van der Waals surface area (Å²) in [6.07, 6.45) is 0.521. The number of halogens is 1. The lowest BCUT2D eigenvalue weighted by molar-refractivity contribution is -0.134. The first-order valence-electron chi connectivity index (χ1n) is 5.69. The molecule has 0 N–H and O–H groups in total. The standard InChI is InChI=1S/C13H17BrO5/c1-16-8-7-9(14)13(15)19-12-10(17-2)5-4-6-11(12)18-3/h4-6,9H,7-8H2,1-3H3. The van der Waals surface area contributed by atoms with Crippen molar-refractivity contribution >= 4 is 21.9 Å². The predicted octanol–water partition coefficient (Wildman–Crippen LogP) is 2.41. The van der Waals surface area contributed by atoms with Crippen LogP contribution >= 0.6 is 15.9 Å². The molecule has 1 rings (SSSR count). The lowest BCUT2D eigenvalue weighted by Crippen LogP contribution is -2.22. The van der Waals surface area contributed by atoms with Gasteiger partial charge in [-0.3, -0.25) is 4.79 Å². The first kappa shape index (κ1) is 15.8. The van der Waals surface area contributed by atoms with Crippen LogP contribution in [0.4, 0.5) is 0 Å². The highest BCUT2D eigenvalue weighted by Gasteiger charge is 2.21. The molecule has 5 nitrogen and oxygen atoms in total. The molecule has 0 amide bonds. The van der Waals surface area contributed by atoms with Crippen LogP contribution in [-0.4, -0.2) is 38.7 Å². The van der Waals surface area contributed by atoms with E-state index in [0.717, 1.165) is 0 Å². The van der Waals surface area contributed by atoms with Crippen molar-refractivity contribution in [3.05, 3.63) is 18.2 Å². The van der Waals surface area contributed by atoms with E-state index in [0.29, 0.717) is 24.5 Å². The van der Waals surface area contributed by atoms with Crippen molar-refractivity contribution in [3.8, 4) is 17.2 Å². The molecule has 6 heteroatoms. The van der Waals surface area contributed by atoms with Crippen molar-refractivity contribution in [1.82, 2.24) is 0 Å². The smallest absolute Gasteiger partial charge is 0.325 e. The summed E-state index contributed by atoms with van der Waals surface area (Å²) >= 11 is 3.26. The van der Waals surface area contributed by atoms with Crippen LogP contribution in [0.25, 0.3) is 0 Å². The van der Waals surface area contributed by atoms with Gasteiger partial charge in [-0.15, -0.1) is 0 Å². The van der Waals surface area contributed by atoms with Crippen molar-refractivity contribution in [2.24, 2.45) is 0 Å². The number of alkyl halides is 1. The third-order valence-electron chi connectivity index (χ3n) is 2.42. The summed E-state index contributed by atoms with van der Waals surface area (Å²) < 4.78 is 20.5. The van der Waals surface area contributed by atoms with Crippen LogP contribution in [0.1, 0.15) is 6.42 Å². The lowest BCUT2D eigenvalue weighted by Gasteiger charge is -2.14. The summed E-state index contributed by atoms with van der Waals surface area (Å²) in [6.45, 7) is 0.466. The maximum absolute atomic E-state index is 11.9. The van der Waals surface area contributed by atoms with E-state index in [1.165, 1.54) is 14.2 Å². The highest BCUT2D eigenvalue weighted by molar-refractivity contribution is 9.10. The average Bonchev–Trinajstić information content (AvgIpc) is 2.44. The Labute approximate surface area is 120 Å². The van der Waals surface area contributed by atoms with Crippen molar-refractivity contribution in [3.63, 3.8) is 0 Å². The predicted molar refractivity (Wildman–Crippen MR) is 74.4 cm³/mol. The van der Waals surface area contributed by atoms with Gasteiger partial charge in [-0.1, -0.05) is 22.0 Å². The van der Waals surface area contributed by atoms with Gasteiger partial charge < -0.3 is 18.9 Å². The Kier molecular flexibility index (Phi) is 6.66. The number of esters is 1. The number of benzene rings is 1. The van der Waals surface area contributed by atoms with Crippen LogP contribution in [0, 0.1) is 0 Å². The van der Waals surface area contributed by atoms with Gasteiger partial charge in [0, 0.05) is 13.7 Å². The summed E-state index contributed by atoms with van der Waals surface area (Å²) in [5.74, 6) is 0.748. The SMILES string of the molecule is COCCC(Br)C(=O)Oc1c(OC)cccc1OC. The number of hydrogen-bond acceptors (Lipinski definition) is 5. The van der Waals surface area contributed by atoms with Gasteiger partial charge in [0.25, 0.3) is 0 Å². The van der Waals surface area contributed by atoms with Gasteiger partial charge in [0.1, 0.15) is 4.83 Å². The molecule has 0 bridgehead atoms. The number of carbonyl (C=O) groups is 1. The van der Waals surface area contributed by atoms with Crippen LogP contribution in [-0.2, 0) is 9.53 Å². The largest absolute Gasteiger partial charge is 0.493 e. The molecule has 0 saturated heterocycles. The number of ether oxygens (including phenoxy) is 4. The Morgan fingerprint density at radius 2 is 1.79 bits per heavy atom. The number of rotatable bonds is 7. The second-order valence-corrected chi connectivity index (χ2v) is 4.77. The van der Waals surface area contributed by atoms with E-state index in [-0.39, 0.29) is 5.75 Å². The minimum absolute atomic E-state index is 0.277. The second-order valence-electron chi connectivity index (χ2n) is 3.66. The first-order valence-corrected chi connectivity index (χ1v) is 6.61. The van der Waals surface area contributed by atoms with E-state index in [1.807, 2.05) is 0 Å². The minimum Gasteiger partial charge on any atom is -0.493 e. The van der Waals surface area contributed by atoms with Crippen LogP contribution in [0.5, 0.6) is 17.2 Å². The summed E-state index contributed by atoms with van der Waals surface area (Å²) in [4.78, 5) is 11.5. The molecule has 0 saturated carbocycles. The monoisotopic (exact) mass is 332 g/mol. The zero-order chi connectivity index (χ0) is 14.3. The normalized spacial score (nSPS) is 11.8. The lowest BCUT2D eigenvalue weighted by atomic mass is 10.3. The van der Waals surface area contributed by atoms with Gasteiger partial charge >= 0.3 is 5.97 Å². The molecular formula is C13H17BrO5. The van der Waals surface area contributed by atoms with E-state index >= 15 is 0 Å². The van der Waals surface area contributed by atoms with E-state index in [9.17, 15) is 4.79 Å². The van der Waals surface area contributed by atoms with Crippen molar-refractivity contribution < 1.29 is 23.7 Å². The number of methoxy groups -OCH3 is 3. The van der Waals surface area contributed by atoms with Gasteiger partial charge in [0.05, 0.1) is 14.2 Å². The zero-order valence-corrected chi connectivity index (χ0v) is 12.7. The van der Waals surface area contributed by atoms with Crippen molar-refractivity contribution in [1.29, 1.82) is 0 Å². The van der Waals surface area contributed by atoms with Crippen LogP contribution in [0.3, 0.4) is 0 Å².